The van der Waals surface area contributed by atoms with Crippen molar-refractivity contribution in [3.05, 3.63) is 0 Å². The molecule has 48 heavy (non-hydrogen) atoms. The number of hydrogen-bond donors (Lipinski definition) is 0. The van der Waals surface area contributed by atoms with Crippen LogP contribution in [-0.4, -0.2) is 111 Å². The molecule has 4 aliphatic heterocycles. The molecular weight excluding hydrogens is 632 g/mol. The number of methoxy groups -OCH3 is 1. The number of carbonyl (C=O) groups is 3. The van der Waals surface area contributed by atoms with Crippen LogP contribution in [0.1, 0.15) is 90.0 Å². The second-order valence-electron chi connectivity index (χ2n) is 16.9. The SMILES string of the molecule is CO[C@H]1O[C@H](CO[C@H]2O[C@@H]3COC(C)(C)O[C@H]3[C@@H]3OC(C)(C)O[C@H]23)[C@@H](OC(=O)C(C)(C)C)[C@H](OC(=O)C(C)(C)C)[C@H]1OC(=O)C(C)(C)C. The zero-order chi connectivity index (χ0) is 36.2. The Labute approximate surface area is 283 Å². The van der Waals surface area contributed by atoms with Crippen LogP contribution in [-0.2, 0) is 66.5 Å². The normalized spacial score (nSPS) is 36.4. The minimum absolute atomic E-state index is 0.228. The molecule has 14 nitrogen and oxygen atoms in total. The molecule has 0 aromatic carbocycles. The van der Waals surface area contributed by atoms with Crippen LogP contribution in [0.5, 0.6) is 0 Å². The van der Waals surface area contributed by atoms with Gasteiger partial charge >= 0.3 is 17.9 Å². The van der Waals surface area contributed by atoms with E-state index in [1.807, 2.05) is 13.8 Å². The molecule has 4 aliphatic rings. The molecule has 4 saturated heterocycles. The quantitative estimate of drug-likeness (QED) is 0.283. The van der Waals surface area contributed by atoms with Gasteiger partial charge < -0.3 is 52.1 Å². The van der Waals surface area contributed by atoms with Crippen molar-refractivity contribution in [2.45, 2.75) is 163 Å². The van der Waals surface area contributed by atoms with E-state index in [-0.39, 0.29) is 13.2 Å². The maximum absolute atomic E-state index is 13.4. The van der Waals surface area contributed by atoms with E-state index in [2.05, 4.69) is 0 Å². The third-order valence-corrected chi connectivity index (χ3v) is 8.26. The van der Waals surface area contributed by atoms with Crippen LogP contribution in [0, 0.1) is 16.2 Å². The van der Waals surface area contributed by atoms with Gasteiger partial charge in [0.2, 0.25) is 0 Å². The highest BCUT2D eigenvalue weighted by Gasteiger charge is 2.60. The summed E-state index contributed by atoms with van der Waals surface area (Å²) in [5.41, 5.74) is -2.80. The number of rotatable bonds is 7. The molecule has 0 aliphatic carbocycles. The number of fused-ring (bicyclic) bond motifs is 3. The van der Waals surface area contributed by atoms with E-state index in [0.29, 0.717) is 0 Å². The van der Waals surface area contributed by atoms with Gasteiger partial charge in [0.15, 0.2) is 42.5 Å². The lowest BCUT2D eigenvalue weighted by Gasteiger charge is -2.49. The van der Waals surface area contributed by atoms with Gasteiger partial charge in [-0.1, -0.05) is 0 Å². The standard InChI is InChI=1S/C34H56O14/c1-30(2,3)27(35)43-19-17(41-25(38-14)23(45-29(37)32(7,8)9)21(19)44-28(36)31(4,5)6)15-39-26-24-22(47-34(12,13)48-24)20-18(42-26)16-40-33(10,11)46-20/h17-26H,15-16H2,1-14H3/t17-,18-,19-,20-,21+,22+,23-,24+,25+,26+/m1/s1. The van der Waals surface area contributed by atoms with Crippen LogP contribution in [0.3, 0.4) is 0 Å². The van der Waals surface area contributed by atoms with Crippen molar-refractivity contribution in [3.8, 4) is 0 Å². The Morgan fingerprint density at radius 3 is 1.62 bits per heavy atom. The van der Waals surface area contributed by atoms with Gasteiger partial charge in [-0.05, 0) is 90.0 Å². The van der Waals surface area contributed by atoms with Crippen LogP contribution < -0.4 is 0 Å². The lowest BCUT2D eigenvalue weighted by atomic mass is 9.93. The van der Waals surface area contributed by atoms with Gasteiger partial charge in [0.1, 0.15) is 30.5 Å². The Balaban J connectivity index is 1.67. The van der Waals surface area contributed by atoms with E-state index in [1.165, 1.54) is 7.11 Å². The fourth-order valence-corrected chi connectivity index (χ4v) is 5.57. The summed E-state index contributed by atoms with van der Waals surface area (Å²) >= 11 is 0. The van der Waals surface area contributed by atoms with Crippen molar-refractivity contribution in [3.63, 3.8) is 0 Å². The summed E-state index contributed by atoms with van der Waals surface area (Å²) in [6, 6.07) is 0. The van der Waals surface area contributed by atoms with Crippen molar-refractivity contribution in [1.82, 2.24) is 0 Å². The molecule has 0 N–H and O–H groups in total. The molecule has 0 spiro atoms. The fourth-order valence-electron chi connectivity index (χ4n) is 5.57. The number of ether oxygens (including phenoxy) is 11. The van der Waals surface area contributed by atoms with E-state index in [4.69, 9.17) is 52.1 Å². The van der Waals surface area contributed by atoms with Gasteiger partial charge in [-0.2, -0.15) is 0 Å². The summed E-state index contributed by atoms with van der Waals surface area (Å²) < 4.78 is 67.1. The predicted octanol–water partition coefficient (Wildman–Crippen LogP) is 3.64. The Morgan fingerprint density at radius 1 is 0.625 bits per heavy atom. The Morgan fingerprint density at radius 2 is 1.10 bits per heavy atom. The lowest BCUT2D eigenvalue weighted by molar-refractivity contribution is -0.375. The first-order valence-corrected chi connectivity index (χ1v) is 16.6. The Hall–Kier alpha value is -1.91. The molecule has 4 fully saturated rings. The Bertz CT molecular complexity index is 1180. The average Bonchev–Trinajstić information content (AvgIpc) is 3.27. The summed E-state index contributed by atoms with van der Waals surface area (Å²) in [6.45, 7) is 22.4. The molecule has 14 heteroatoms. The topological polar surface area (TPSA) is 153 Å². The van der Waals surface area contributed by atoms with Crippen molar-refractivity contribution in [1.29, 1.82) is 0 Å². The first-order chi connectivity index (χ1) is 21.8. The molecule has 0 amide bonds. The van der Waals surface area contributed by atoms with E-state index >= 15 is 0 Å². The minimum Gasteiger partial charge on any atom is -0.455 e. The molecule has 0 unspecified atom stereocenters. The van der Waals surface area contributed by atoms with Gasteiger partial charge in [-0.25, -0.2) is 0 Å². The first-order valence-electron chi connectivity index (χ1n) is 16.6. The average molecular weight is 689 g/mol. The molecule has 0 saturated carbocycles. The van der Waals surface area contributed by atoms with Gasteiger partial charge in [0.05, 0.1) is 29.5 Å². The summed E-state index contributed by atoms with van der Waals surface area (Å²) in [4.78, 5) is 39.9. The molecule has 0 aromatic heterocycles. The van der Waals surface area contributed by atoms with Gasteiger partial charge in [0, 0.05) is 7.11 Å². The second-order valence-corrected chi connectivity index (χ2v) is 16.9. The lowest BCUT2D eigenvalue weighted by Crippen LogP contribution is -2.65. The van der Waals surface area contributed by atoms with E-state index in [9.17, 15) is 14.4 Å². The summed E-state index contributed by atoms with van der Waals surface area (Å²) in [6.07, 6.45) is -9.39. The molecular formula is C34H56O14. The number of esters is 3. The van der Waals surface area contributed by atoms with Crippen molar-refractivity contribution >= 4 is 17.9 Å². The molecule has 0 bridgehead atoms. The van der Waals surface area contributed by atoms with Crippen LogP contribution in [0.2, 0.25) is 0 Å². The van der Waals surface area contributed by atoms with Crippen LogP contribution in [0.15, 0.2) is 0 Å². The third kappa shape index (κ3) is 8.87. The Kier molecular flexibility index (Phi) is 11.1. The highest BCUT2D eigenvalue weighted by molar-refractivity contribution is 5.77. The molecule has 0 aromatic rings. The highest BCUT2D eigenvalue weighted by Crippen LogP contribution is 2.43. The van der Waals surface area contributed by atoms with Gasteiger partial charge in [0.25, 0.3) is 0 Å². The minimum atomic E-state index is -1.32. The van der Waals surface area contributed by atoms with E-state index in [1.54, 1.807) is 76.2 Å². The molecule has 4 heterocycles. The first kappa shape index (κ1) is 38.9. The number of carbonyl (C=O) groups excluding carboxylic acids is 3. The zero-order valence-electron chi connectivity index (χ0n) is 30.9. The summed E-state index contributed by atoms with van der Waals surface area (Å²) in [7, 11) is 1.37. The van der Waals surface area contributed by atoms with Crippen LogP contribution >= 0.6 is 0 Å². The monoisotopic (exact) mass is 688 g/mol. The van der Waals surface area contributed by atoms with Crippen LogP contribution in [0.4, 0.5) is 0 Å². The zero-order valence-corrected chi connectivity index (χ0v) is 30.9. The number of hydrogen-bond acceptors (Lipinski definition) is 14. The van der Waals surface area contributed by atoms with Gasteiger partial charge in [-0.3, -0.25) is 14.4 Å². The van der Waals surface area contributed by atoms with Crippen molar-refractivity contribution < 1.29 is 66.5 Å². The van der Waals surface area contributed by atoms with Gasteiger partial charge in [-0.15, -0.1) is 0 Å². The molecule has 276 valence electrons. The third-order valence-electron chi connectivity index (χ3n) is 8.26. The van der Waals surface area contributed by atoms with Crippen molar-refractivity contribution in [2.75, 3.05) is 20.3 Å². The maximum Gasteiger partial charge on any atom is 0.311 e. The molecule has 4 rings (SSSR count). The highest BCUT2D eigenvalue weighted by atomic mass is 16.8. The van der Waals surface area contributed by atoms with E-state index in [0.717, 1.165) is 0 Å². The summed E-state index contributed by atoms with van der Waals surface area (Å²) in [5, 5.41) is 0. The molecule has 10 atom stereocenters. The second kappa shape index (κ2) is 13.7. The predicted molar refractivity (Wildman–Crippen MR) is 167 cm³/mol. The fraction of sp³-hybridized carbons (Fsp3) is 0.912. The summed E-state index contributed by atoms with van der Waals surface area (Å²) in [5.74, 6) is -3.60. The smallest absolute Gasteiger partial charge is 0.311 e. The maximum atomic E-state index is 13.4. The van der Waals surface area contributed by atoms with Crippen molar-refractivity contribution in [2.24, 2.45) is 16.2 Å². The largest absolute Gasteiger partial charge is 0.455 e. The molecule has 0 radical (unpaired) electrons. The van der Waals surface area contributed by atoms with Crippen LogP contribution in [0.25, 0.3) is 0 Å². The van der Waals surface area contributed by atoms with E-state index < -0.39 is 107 Å².